The molecule has 0 saturated heterocycles. The van der Waals surface area contributed by atoms with Crippen LogP contribution >= 0.6 is 0 Å². The molecule has 0 bridgehead atoms. The van der Waals surface area contributed by atoms with Crippen molar-refractivity contribution in [3.63, 3.8) is 0 Å². The molecule has 0 saturated carbocycles. The predicted molar refractivity (Wildman–Crippen MR) is 74.4 cm³/mol. The Balaban J connectivity index is 2.54. The van der Waals surface area contributed by atoms with Gasteiger partial charge in [-0.15, -0.1) is 0 Å². The molecule has 1 heterocycles. The van der Waals surface area contributed by atoms with E-state index in [2.05, 4.69) is 4.98 Å². The van der Waals surface area contributed by atoms with Gasteiger partial charge in [-0.25, -0.2) is 8.42 Å². The van der Waals surface area contributed by atoms with Gasteiger partial charge in [0, 0.05) is 24.9 Å². The van der Waals surface area contributed by atoms with E-state index in [9.17, 15) is 13.2 Å². The Morgan fingerprint density at radius 3 is 2.40 bits per heavy atom. The van der Waals surface area contributed by atoms with Crippen molar-refractivity contribution in [2.75, 3.05) is 7.11 Å². The van der Waals surface area contributed by atoms with Crippen LogP contribution in [-0.4, -0.2) is 20.5 Å². The standard InChI is InChI=1S/C14H15NO4S/c1-10-3-5-13(6-4-10)20(17,18)14-8-12(16)7-11(15-14)9-19-2/h3-8H,9H2,1-2H3,(H,15,16). The van der Waals surface area contributed by atoms with E-state index in [4.69, 9.17) is 4.74 Å². The van der Waals surface area contributed by atoms with Gasteiger partial charge in [0.25, 0.3) is 0 Å². The first-order valence-corrected chi connectivity index (χ1v) is 7.46. The van der Waals surface area contributed by atoms with Crippen molar-refractivity contribution in [1.82, 2.24) is 4.98 Å². The van der Waals surface area contributed by atoms with E-state index in [1.165, 1.54) is 25.3 Å². The lowest BCUT2D eigenvalue weighted by atomic mass is 10.2. The topological polar surface area (TPSA) is 76.2 Å². The van der Waals surface area contributed by atoms with Crippen molar-refractivity contribution < 1.29 is 13.2 Å². The number of hydrogen-bond acceptors (Lipinski definition) is 4. The second kappa shape index (κ2) is 5.60. The Hall–Kier alpha value is -1.92. The molecule has 0 aliphatic carbocycles. The largest absolute Gasteiger partial charge is 0.378 e. The first-order valence-electron chi connectivity index (χ1n) is 5.97. The van der Waals surface area contributed by atoms with Crippen LogP contribution in [0.2, 0.25) is 0 Å². The first kappa shape index (κ1) is 14.5. The monoisotopic (exact) mass is 293 g/mol. The molecule has 2 rings (SSSR count). The zero-order valence-electron chi connectivity index (χ0n) is 11.2. The number of aryl methyl sites for hydroxylation is 1. The van der Waals surface area contributed by atoms with E-state index in [0.717, 1.165) is 11.6 Å². The van der Waals surface area contributed by atoms with Crippen molar-refractivity contribution >= 4 is 9.84 Å². The highest BCUT2D eigenvalue weighted by molar-refractivity contribution is 7.91. The summed E-state index contributed by atoms with van der Waals surface area (Å²) < 4.78 is 29.8. The third kappa shape index (κ3) is 2.97. The molecule has 5 nitrogen and oxygen atoms in total. The summed E-state index contributed by atoms with van der Waals surface area (Å²) in [6.45, 7) is 2.02. The van der Waals surface area contributed by atoms with Crippen molar-refractivity contribution in [1.29, 1.82) is 0 Å². The molecule has 0 unspecified atom stereocenters. The molecule has 0 amide bonds. The van der Waals surface area contributed by atoms with Crippen LogP contribution in [0, 0.1) is 6.92 Å². The fraction of sp³-hybridized carbons (Fsp3) is 0.214. The minimum Gasteiger partial charge on any atom is -0.378 e. The number of benzene rings is 1. The van der Waals surface area contributed by atoms with Crippen LogP contribution in [0.5, 0.6) is 0 Å². The smallest absolute Gasteiger partial charge is 0.221 e. The molecule has 1 N–H and O–H groups in total. The van der Waals surface area contributed by atoms with Gasteiger partial charge in [-0.3, -0.25) is 4.79 Å². The average molecular weight is 293 g/mol. The van der Waals surface area contributed by atoms with Crippen molar-refractivity contribution in [3.8, 4) is 0 Å². The minimum absolute atomic E-state index is 0.124. The second-order valence-electron chi connectivity index (χ2n) is 4.46. The SMILES string of the molecule is COCc1cc(=O)cc(S(=O)(=O)c2ccc(C)cc2)[nH]1. The molecule has 1 aromatic heterocycles. The molecule has 106 valence electrons. The zero-order valence-corrected chi connectivity index (χ0v) is 12.0. The Morgan fingerprint density at radius 1 is 1.15 bits per heavy atom. The Bertz CT molecular complexity index is 761. The Kier molecular flexibility index (Phi) is 4.06. The summed E-state index contributed by atoms with van der Waals surface area (Å²) in [6.07, 6.45) is 0. The number of aromatic nitrogens is 1. The number of rotatable bonds is 4. The van der Waals surface area contributed by atoms with Crippen LogP contribution in [0.15, 0.2) is 51.1 Å². The Morgan fingerprint density at radius 2 is 1.80 bits per heavy atom. The van der Waals surface area contributed by atoms with E-state index in [1.807, 2.05) is 6.92 Å². The van der Waals surface area contributed by atoms with Gasteiger partial charge in [0.1, 0.15) is 5.03 Å². The second-order valence-corrected chi connectivity index (χ2v) is 6.37. The van der Waals surface area contributed by atoms with Crippen LogP contribution in [-0.2, 0) is 21.2 Å². The third-order valence-corrected chi connectivity index (χ3v) is 4.49. The number of pyridine rings is 1. The number of hydrogen-bond donors (Lipinski definition) is 1. The molecule has 2 aromatic rings. The fourth-order valence-corrected chi connectivity index (χ4v) is 3.08. The van der Waals surface area contributed by atoms with E-state index < -0.39 is 9.84 Å². The van der Waals surface area contributed by atoms with Crippen molar-refractivity contribution in [2.24, 2.45) is 0 Å². The summed E-state index contributed by atoms with van der Waals surface area (Å²) in [5, 5.41) is -0.124. The number of methoxy groups -OCH3 is 1. The number of nitrogens with one attached hydrogen (secondary N) is 1. The van der Waals surface area contributed by atoms with Crippen LogP contribution < -0.4 is 5.43 Å². The predicted octanol–water partition coefficient (Wildman–Crippen LogP) is 1.66. The van der Waals surface area contributed by atoms with Gasteiger partial charge < -0.3 is 9.72 Å². The van der Waals surface area contributed by atoms with Gasteiger partial charge in [0.05, 0.1) is 11.5 Å². The van der Waals surface area contributed by atoms with Gasteiger partial charge in [-0.1, -0.05) is 17.7 Å². The summed E-state index contributed by atoms with van der Waals surface area (Å²) in [6, 6.07) is 8.86. The van der Waals surface area contributed by atoms with Crippen LogP contribution in [0.25, 0.3) is 0 Å². The molecule has 0 aliphatic heterocycles. The quantitative estimate of drug-likeness (QED) is 0.930. The number of ether oxygens (including phenoxy) is 1. The molecule has 0 fully saturated rings. The summed E-state index contributed by atoms with van der Waals surface area (Å²) >= 11 is 0. The molecule has 0 aliphatic rings. The minimum atomic E-state index is -3.73. The first-order chi connectivity index (χ1) is 9.43. The van der Waals surface area contributed by atoms with E-state index in [-0.39, 0.29) is 22.0 Å². The molecule has 6 heteroatoms. The molecule has 0 atom stereocenters. The summed E-state index contributed by atoms with van der Waals surface area (Å²) in [5.74, 6) is 0. The molecule has 1 aromatic carbocycles. The van der Waals surface area contributed by atoms with Crippen LogP contribution in [0.4, 0.5) is 0 Å². The highest BCUT2D eigenvalue weighted by atomic mass is 32.2. The van der Waals surface area contributed by atoms with Gasteiger partial charge in [-0.2, -0.15) is 0 Å². The maximum Gasteiger partial charge on any atom is 0.221 e. The molecule has 20 heavy (non-hydrogen) atoms. The lowest BCUT2D eigenvalue weighted by Gasteiger charge is -2.07. The van der Waals surface area contributed by atoms with Crippen LogP contribution in [0.1, 0.15) is 11.3 Å². The van der Waals surface area contributed by atoms with Crippen LogP contribution in [0.3, 0.4) is 0 Å². The fourth-order valence-electron chi connectivity index (χ4n) is 1.80. The molecule has 0 radical (unpaired) electrons. The molecular formula is C14H15NO4S. The maximum atomic E-state index is 12.4. The lowest BCUT2D eigenvalue weighted by molar-refractivity contribution is 0.181. The molecular weight excluding hydrogens is 278 g/mol. The van der Waals surface area contributed by atoms with E-state index >= 15 is 0 Å². The normalized spacial score (nSPS) is 11.5. The Labute approximate surface area is 117 Å². The van der Waals surface area contributed by atoms with Gasteiger partial charge in [-0.05, 0) is 19.1 Å². The summed E-state index contributed by atoms with van der Waals surface area (Å²) in [5.41, 5.74) is 1.01. The van der Waals surface area contributed by atoms with Gasteiger partial charge in [0.15, 0.2) is 5.43 Å². The van der Waals surface area contributed by atoms with E-state index in [0.29, 0.717) is 5.69 Å². The number of sulfone groups is 1. The summed E-state index contributed by atoms with van der Waals surface area (Å²) in [4.78, 5) is 14.5. The van der Waals surface area contributed by atoms with Crippen molar-refractivity contribution in [2.45, 2.75) is 23.5 Å². The average Bonchev–Trinajstić information content (AvgIpc) is 2.39. The lowest BCUT2D eigenvalue weighted by Crippen LogP contribution is -2.12. The third-order valence-electron chi connectivity index (χ3n) is 2.79. The van der Waals surface area contributed by atoms with Crippen molar-refractivity contribution in [3.05, 3.63) is 57.9 Å². The number of aromatic amines is 1. The molecule has 0 spiro atoms. The van der Waals surface area contributed by atoms with Gasteiger partial charge >= 0.3 is 0 Å². The van der Waals surface area contributed by atoms with Gasteiger partial charge in [0.2, 0.25) is 9.84 Å². The highest BCUT2D eigenvalue weighted by Gasteiger charge is 2.19. The maximum absolute atomic E-state index is 12.4. The zero-order chi connectivity index (χ0) is 14.8. The highest BCUT2D eigenvalue weighted by Crippen LogP contribution is 2.18. The summed E-state index contributed by atoms with van der Waals surface area (Å²) in [7, 11) is -2.26. The van der Waals surface area contributed by atoms with E-state index in [1.54, 1.807) is 12.1 Å². The number of H-pyrrole nitrogens is 1.